The van der Waals surface area contributed by atoms with Crippen LogP contribution in [0, 0.1) is 0 Å². The van der Waals surface area contributed by atoms with E-state index in [9.17, 15) is 13.5 Å². The molecule has 1 aromatic carbocycles. The Morgan fingerprint density at radius 3 is 2.50 bits per heavy atom. The quantitative estimate of drug-likeness (QED) is 0.810. The molecule has 120 valence electrons. The lowest BCUT2D eigenvalue weighted by atomic mass is 10.1. The zero-order chi connectivity index (χ0) is 16.2. The van der Waals surface area contributed by atoms with Crippen LogP contribution in [0.1, 0.15) is 18.7 Å². The molecule has 0 bridgehead atoms. The number of hydrogen-bond donors (Lipinski definition) is 2. The van der Waals surface area contributed by atoms with Gasteiger partial charge < -0.3 is 9.84 Å². The van der Waals surface area contributed by atoms with E-state index in [-0.39, 0.29) is 11.4 Å². The lowest BCUT2D eigenvalue weighted by Crippen LogP contribution is -2.38. The first-order valence-corrected chi connectivity index (χ1v) is 9.20. The maximum atomic E-state index is 12.3. The number of rotatable bonds is 7. The molecule has 2 aromatic rings. The zero-order valence-corrected chi connectivity index (χ0v) is 14.1. The SMILES string of the molecule is CCOc1ccc(S(=O)(=O)NC[C@@](C)(O)c2cccs2)cc1. The van der Waals surface area contributed by atoms with E-state index in [0.717, 1.165) is 0 Å². The fourth-order valence-electron chi connectivity index (χ4n) is 1.87. The average molecular weight is 341 g/mol. The topological polar surface area (TPSA) is 75.6 Å². The summed E-state index contributed by atoms with van der Waals surface area (Å²) < 4.78 is 32.2. The highest BCUT2D eigenvalue weighted by Gasteiger charge is 2.27. The Morgan fingerprint density at radius 2 is 1.95 bits per heavy atom. The van der Waals surface area contributed by atoms with Crippen LogP contribution in [0.4, 0.5) is 0 Å². The number of sulfonamides is 1. The molecule has 5 nitrogen and oxygen atoms in total. The van der Waals surface area contributed by atoms with Crippen molar-refractivity contribution in [3.8, 4) is 5.75 Å². The van der Waals surface area contributed by atoms with Crippen LogP contribution in [-0.4, -0.2) is 26.7 Å². The van der Waals surface area contributed by atoms with Gasteiger partial charge in [-0.05, 0) is 49.6 Å². The maximum absolute atomic E-state index is 12.3. The van der Waals surface area contributed by atoms with Gasteiger partial charge in [-0.1, -0.05) is 6.07 Å². The fraction of sp³-hybridized carbons (Fsp3) is 0.333. The van der Waals surface area contributed by atoms with Crippen LogP contribution in [-0.2, 0) is 15.6 Å². The standard InChI is InChI=1S/C15H19NO4S2/c1-3-20-12-6-8-13(9-7-12)22(18,19)16-11-15(2,17)14-5-4-10-21-14/h4-10,16-17H,3,11H2,1-2H3/t15-/m1/s1. The molecule has 0 aliphatic rings. The van der Waals surface area contributed by atoms with Gasteiger partial charge in [0.15, 0.2) is 0 Å². The number of aliphatic hydroxyl groups is 1. The minimum atomic E-state index is -3.68. The summed E-state index contributed by atoms with van der Waals surface area (Å²) in [6.45, 7) is 3.87. The summed E-state index contributed by atoms with van der Waals surface area (Å²) in [4.78, 5) is 0.847. The van der Waals surface area contributed by atoms with Crippen molar-refractivity contribution < 1.29 is 18.3 Å². The van der Waals surface area contributed by atoms with Gasteiger partial charge in [0.1, 0.15) is 11.4 Å². The van der Waals surface area contributed by atoms with Crippen molar-refractivity contribution in [3.05, 3.63) is 46.7 Å². The van der Waals surface area contributed by atoms with Crippen molar-refractivity contribution in [2.75, 3.05) is 13.2 Å². The number of nitrogens with one attached hydrogen (secondary N) is 1. The molecule has 0 saturated carbocycles. The predicted molar refractivity (Wildman–Crippen MR) is 86.7 cm³/mol. The summed E-state index contributed by atoms with van der Waals surface area (Å²) in [6.07, 6.45) is 0. The van der Waals surface area contributed by atoms with E-state index >= 15 is 0 Å². The Kier molecular flexibility index (Phi) is 5.23. The molecule has 0 saturated heterocycles. The molecule has 1 heterocycles. The molecule has 22 heavy (non-hydrogen) atoms. The lowest BCUT2D eigenvalue weighted by Gasteiger charge is -2.22. The second kappa shape index (κ2) is 6.78. The van der Waals surface area contributed by atoms with E-state index in [0.29, 0.717) is 17.2 Å². The number of ether oxygens (including phenoxy) is 1. The van der Waals surface area contributed by atoms with Gasteiger partial charge in [-0.3, -0.25) is 0 Å². The van der Waals surface area contributed by atoms with E-state index in [1.54, 1.807) is 25.1 Å². The molecule has 1 atom stereocenters. The molecule has 0 aliphatic heterocycles. The Labute approximate surface area is 134 Å². The maximum Gasteiger partial charge on any atom is 0.240 e. The van der Waals surface area contributed by atoms with Crippen molar-refractivity contribution in [1.29, 1.82) is 0 Å². The average Bonchev–Trinajstić information content (AvgIpc) is 3.02. The predicted octanol–water partition coefficient (Wildman–Crippen LogP) is 2.33. The third-order valence-corrected chi connectivity index (χ3v) is 5.64. The van der Waals surface area contributed by atoms with Crippen LogP contribution in [0.25, 0.3) is 0 Å². The highest BCUT2D eigenvalue weighted by molar-refractivity contribution is 7.89. The van der Waals surface area contributed by atoms with Gasteiger partial charge >= 0.3 is 0 Å². The van der Waals surface area contributed by atoms with Crippen molar-refractivity contribution in [2.45, 2.75) is 24.3 Å². The molecular weight excluding hydrogens is 322 g/mol. The van der Waals surface area contributed by atoms with Gasteiger partial charge in [0.05, 0.1) is 11.5 Å². The summed E-state index contributed by atoms with van der Waals surface area (Å²) in [6, 6.07) is 9.76. The van der Waals surface area contributed by atoms with Gasteiger partial charge in [0.25, 0.3) is 0 Å². The Bertz CT molecular complexity index is 692. The van der Waals surface area contributed by atoms with Crippen LogP contribution in [0.15, 0.2) is 46.7 Å². The molecule has 0 amide bonds. The Morgan fingerprint density at radius 1 is 1.27 bits per heavy atom. The molecule has 2 rings (SSSR count). The first kappa shape index (κ1) is 17.0. The van der Waals surface area contributed by atoms with Crippen LogP contribution in [0.2, 0.25) is 0 Å². The van der Waals surface area contributed by atoms with Crippen LogP contribution in [0.5, 0.6) is 5.75 Å². The molecule has 0 fully saturated rings. The normalized spacial score (nSPS) is 14.5. The summed E-state index contributed by atoms with van der Waals surface area (Å²) in [5, 5.41) is 12.2. The van der Waals surface area contributed by atoms with Crippen LogP contribution >= 0.6 is 11.3 Å². The summed E-state index contributed by atoms with van der Waals surface area (Å²) in [5.74, 6) is 0.618. The molecule has 0 unspecified atom stereocenters. The molecular formula is C15H19NO4S2. The monoisotopic (exact) mass is 341 g/mol. The number of benzene rings is 1. The first-order valence-electron chi connectivity index (χ1n) is 6.84. The Hall–Kier alpha value is -1.41. The minimum absolute atomic E-state index is 0.0942. The van der Waals surface area contributed by atoms with Crippen molar-refractivity contribution in [1.82, 2.24) is 4.72 Å². The van der Waals surface area contributed by atoms with E-state index in [2.05, 4.69) is 4.72 Å². The fourth-order valence-corrected chi connectivity index (χ4v) is 3.79. The zero-order valence-electron chi connectivity index (χ0n) is 12.4. The van der Waals surface area contributed by atoms with Gasteiger partial charge in [-0.15, -0.1) is 11.3 Å². The third-order valence-electron chi connectivity index (χ3n) is 3.10. The second-order valence-corrected chi connectivity index (χ2v) is 7.69. The molecule has 0 radical (unpaired) electrons. The molecule has 7 heteroatoms. The summed E-state index contributed by atoms with van der Waals surface area (Å²) >= 11 is 1.38. The largest absolute Gasteiger partial charge is 0.494 e. The highest BCUT2D eigenvalue weighted by atomic mass is 32.2. The Balaban J connectivity index is 2.08. The smallest absolute Gasteiger partial charge is 0.240 e. The van der Waals surface area contributed by atoms with Crippen LogP contribution < -0.4 is 9.46 Å². The van der Waals surface area contributed by atoms with Crippen molar-refractivity contribution >= 4 is 21.4 Å². The molecule has 2 N–H and O–H groups in total. The van der Waals surface area contributed by atoms with E-state index < -0.39 is 15.6 Å². The molecule has 0 spiro atoms. The van der Waals surface area contributed by atoms with Gasteiger partial charge in [0.2, 0.25) is 10.0 Å². The van der Waals surface area contributed by atoms with Crippen molar-refractivity contribution in [3.63, 3.8) is 0 Å². The van der Waals surface area contributed by atoms with Crippen molar-refractivity contribution in [2.24, 2.45) is 0 Å². The van der Waals surface area contributed by atoms with Crippen LogP contribution in [0.3, 0.4) is 0 Å². The lowest BCUT2D eigenvalue weighted by molar-refractivity contribution is 0.0666. The summed E-state index contributed by atoms with van der Waals surface area (Å²) in [7, 11) is -3.68. The number of hydrogen-bond acceptors (Lipinski definition) is 5. The van der Waals surface area contributed by atoms with Gasteiger partial charge in [0, 0.05) is 11.4 Å². The van der Waals surface area contributed by atoms with E-state index in [4.69, 9.17) is 4.74 Å². The third kappa shape index (κ3) is 4.07. The van der Waals surface area contributed by atoms with E-state index in [1.807, 2.05) is 18.4 Å². The number of thiophene rings is 1. The van der Waals surface area contributed by atoms with Gasteiger partial charge in [-0.2, -0.15) is 0 Å². The second-order valence-electron chi connectivity index (χ2n) is 4.98. The summed E-state index contributed by atoms with van der Waals surface area (Å²) in [5.41, 5.74) is -1.24. The van der Waals surface area contributed by atoms with Gasteiger partial charge in [-0.25, -0.2) is 13.1 Å². The first-order chi connectivity index (χ1) is 10.3. The molecule has 1 aromatic heterocycles. The highest BCUT2D eigenvalue weighted by Crippen LogP contribution is 2.25. The molecule has 0 aliphatic carbocycles. The minimum Gasteiger partial charge on any atom is -0.494 e. The van der Waals surface area contributed by atoms with E-state index in [1.165, 1.54) is 23.5 Å².